The number of nitrogens with zero attached hydrogens (tertiary/aromatic N) is 1. The van der Waals surface area contributed by atoms with Gasteiger partial charge in [-0.1, -0.05) is 49.5 Å². The van der Waals surface area contributed by atoms with Gasteiger partial charge in [0.2, 0.25) is 5.91 Å². The minimum Gasteiger partial charge on any atom is -0.342 e. The number of rotatable bonds is 3. The highest BCUT2D eigenvalue weighted by molar-refractivity contribution is 6.44. The number of carbonyl (C=O) groups is 2. The Bertz CT molecular complexity index is 577. The van der Waals surface area contributed by atoms with Gasteiger partial charge < -0.3 is 5.32 Å². The molecule has 3 atom stereocenters. The number of piperazine rings is 1. The number of anilines is 1. The molecule has 0 aliphatic carbocycles. The predicted molar refractivity (Wildman–Crippen MR) is 84.8 cm³/mol. The number of halogens is 2. The lowest BCUT2D eigenvalue weighted by atomic mass is 9.94. The molecule has 2 amide bonds. The van der Waals surface area contributed by atoms with E-state index in [9.17, 15) is 9.59 Å². The van der Waals surface area contributed by atoms with Crippen molar-refractivity contribution >= 4 is 40.7 Å². The summed E-state index contributed by atoms with van der Waals surface area (Å²) in [6.07, 6.45) is 0.794. The van der Waals surface area contributed by atoms with Crippen LogP contribution in [0.3, 0.4) is 0 Å². The summed E-state index contributed by atoms with van der Waals surface area (Å²) in [7, 11) is 0. The normalized spacial score (nSPS) is 24.0. The van der Waals surface area contributed by atoms with E-state index in [2.05, 4.69) is 5.32 Å². The molecule has 21 heavy (non-hydrogen) atoms. The van der Waals surface area contributed by atoms with Crippen LogP contribution >= 0.6 is 23.2 Å². The summed E-state index contributed by atoms with van der Waals surface area (Å²) in [6.45, 7) is 5.60. The van der Waals surface area contributed by atoms with Crippen LogP contribution in [0.15, 0.2) is 18.2 Å². The van der Waals surface area contributed by atoms with E-state index in [-0.39, 0.29) is 22.8 Å². The summed E-state index contributed by atoms with van der Waals surface area (Å²) in [5.74, 6) is -0.286. The topological polar surface area (TPSA) is 49.4 Å². The highest BCUT2D eigenvalue weighted by Crippen LogP contribution is 2.35. The van der Waals surface area contributed by atoms with Gasteiger partial charge >= 0.3 is 0 Å². The second-order valence-corrected chi connectivity index (χ2v) is 6.11. The van der Waals surface area contributed by atoms with Crippen LogP contribution in [0.4, 0.5) is 5.69 Å². The van der Waals surface area contributed by atoms with Gasteiger partial charge in [0.15, 0.2) is 0 Å². The Morgan fingerprint density at radius 2 is 2.00 bits per heavy atom. The van der Waals surface area contributed by atoms with Crippen LogP contribution in [0.25, 0.3) is 0 Å². The summed E-state index contributed by atoms with van der Waals surface area (Å²) in [5, 5.41) is 3.44. The Balaban J connectivity index is 2.46. The molecule has 0 aromatic heterocycles. The summed E-state index contributed by atoms with van der Waals surface area (Å²) in [5.41, 5.74) is 0.477. The van der Waals surface area contributed by atoms with Crippen molar-refractivity contribution in [2.45, 2.75) is 39.3 Å². The Labute approximate surface area is 134 Å². The zero-order chi connectivity index (χ0) is 15.7. The molecule has 1 N–H and O–H groups in total. The third kappa shape index (κ3) is 2.87. The van der Waals surface area contributed by atoms with Crippen LogP contribution in [0.5, 0.6) is 0 Å². The summed E-state index contributed by atoms with van der Waals surface area (Å²) < 4.78 is 0. The van der Waals surface area contributed by atoms with E-state index in [1.807, 2.05) is 13.8 Å². The molecule has 1 heterocycles. The van der Waals surface area contributed by atoms with Crippen LogP contribution < -0.4 is 10.2 Å². The van der Waals surface area contributed by atoms with E-state index in [0.29, 0.717) is 10.7 Å². The maximum absolute atomic E-state index is 12.8. The Kier molecular flexibility index (Phi) is 4.79. The molecule has 0 bridgehead atoms. The number of amides is 2. The van der Waals surface area contributed by atoms with Gasteiger partial charge in [0.1, 0.15) is 12.1 Å². The van der Waals surface area contributed by atoms with E-state index in [1.54, 1.807) is 25.1 Å². The first-order chi connectivity index (χ1) is 9.88. The lowest BCUT2D eigenvalue weighted by Crippen LogP contribution is -2.64. The quantitative estimate of drug-likeness (QED) is 0.925. The lowest BCUT2D eigenvalue weighted by Gasteiger charge is -2.39. The van der Waals surface area contributed by atoms with E-state index in [0.717, 1.165) is 6.42 Å². The van der Waals surface area contributed by atoms with Crippen molar-refractivity contribution in [3.05, 3.63) is 28.2 Å². The molecule has 3 unspecified atom stereocenters. The van der Waals surface area contributed by atoms with Gasteiger partial charge in [-0.2, -0.15) is 0 Å². The largest absolute Gasteiger partial charge is 0.342 e. The first-order valence-electron chi connectivity index (χ1n) is 6.96. The van der Waals surface area contributed by atoms with E-state index >= 15 is 0 Å². The number of hydrogen-bond acceptors (Lipinski definition) is 2. The second-order valence-electron chi connectivity index (χ2n) is 5.33. The molecular weight excluding hydrogens is 311 g/mol. The third-order valence-corrected chi connectivity index (χ3v) is 4.78. The fraction of sp³-hybridized carbons (Fsp3) is 0.467. The lowest BCUT2D eigenvalue weighted by molar-refractivity contribution is -0.134. The molecule has 1 fully saturated rings. The van der Waals surface area contributed by atoms with E-state index in [1.165, 1.54) is 4.90 Å². The highest BCUT2D eigenvalue weighted by Gasteiger charge is 2.41. The molecule has 0 radical (unpaired) electrons. The molecule has 0 saturated carbocycles. The molecule has 1 aromatic rings. The van der Waals surface area contributed by atoms with Crippen LogP contribution in [0.1, 0.15) is 27.2 Å². The average Bonchev–Trinajstić information content (AvgIpc) is 2.46. The Morgan fingerprint density at radius 3 is 2.62 bits per heavy atom. The maximum atomic E-state index is 12.8. The molecule has 4 nitrogen and oxygen atoms in total. The fourth-order valence-corrected chi connectivity index (χ4v) is 2.81. The molecule has 1 saturated heterocycles. The first kappa shape index (κ1) is 16.1. The van der Waals surface area contributed by atoms with Gasteiger partial charge in [0, 0.05) is 0 Å². The number of nitrogens with one attached hydrogen (secondary N) is 1. The van der Waals surface area contributed by atoms with Crippen molar-refractivity contribution in [2.24, 2.45) is 5.92 Å². The summed E-state index contributed by atoms with van der Waals surface area (Å²) in [4.78, 5) is 26.4. The molecule has 1 aliphatic heterocycles. The average molecular weight is 329 g/mol. The zero-order valence-electron chi connectivity index (χ0n) is 12.2. The molecule has 6 heteroatoms. The van der Waals surface area contributed by atoms with Crippen LogP contribution in [-0.2, 0) is 9.59 Å². The van der Waals surface area contributed by atoms with Gasteiger partial charge in [-0.3, -0.25) is 14.5 Å². The SMILES string of the molecule is CCC(C)C1NC(=O)C(C)N(c2cccc(Cl)c2Cl)C1=O. The number of benzene rings is 1. The van der Waals surface area contributed by atoms with Crippen LogP contribution in [-0.4, -0.2) is 23.9 Å². The smallest absolute Gasteiger partial charge is 0.250 e. The monoisotopic (exact) mass is 328 g/mol. The molecule has 2 rings (SSSR count). The zero-order valence-corrected chi connectivity index (χ0v) is 13.7. The Morgan fingerprint density at radius 1 is 1.33 bits per heavy atom. The van der Waals surface area contributed by atoms with Crippen LogP contribution in [0, 0.1) is 5.92 Å². The summed E-state index contributed by atoms with van der Waals surface area (Å²) in [6, 6.07) is 3.92. The van der Waals surface area contributed by atoms with Crippen molar-refractivity contribution in [3.8, 4) is 0 Å². The van der Waals surface area contributed by atoms with Crippen molar-refractivity contribution < 1.29 is 9.59 Å². The molecular formula is C15H18Cl2N2O2. The van der Waals surface area contributed by atoms with Crippen LogP contribution in [0.2, 0.25) is 10.0 Å². The second kappa shape index (κ2) is 6.24. The van der Waals surface area contributed by atoms with E-state index < -0.39 is 12.1 Å². The minimum absolute atomic E-state index is 0.0504. The summed E-state index contributed by atoms with van der Waals surface area (Å²) >= 11 is 12.2. The highest BCUT2D eigenvalue weighted by atomic mass is 35.5. The Hall–Kier alpha value is -1.26. The van der Waals surface area contributed by atoms with E-state index in [4.69, 9.17) is 23.2 Å². The van der Waals surface area contributed by atoms with Gasteiger partial charge in [-0.05, 0) is 25.0 Å². The molecule has 114 valence electrons. The van der Waals surface area contributed by atoms with Gasteiger partial charge in [-0.15, -0.1) is 0 Å². The van der Waals surface area contributed by atoms with Crippen molar-refractivity contribution in [2.75, 3.05) is 4.90 Å². The number of carbonyl (C=O) groups excluding carboxylic acids is 2. The standard InChI is InChI=1S/C15H18Cl2N2O2/c1-4-8(2)13-15(21)19(9(3)14(20)18-13)11-7-5-6-10(16)12(11)17/h5-9,13H,4H2,1-3H3,(H,18,20). The molecule has 1 aromatic carbocycles. The predicted octanol–water partition coefficient (Wildman–Crippen LogP) is 3.26. The van der Waals surface area contributed by atoms with Crippen molar-refractivity contribution in [1.82, 2.24) is 5.32 Å². The van der Waals surface area contributed by atoms with Crippen molar-refractivity contribution in [1.29, 1.82) is 0 Å². The maximum Gasteiger partial charge on any atom is 0.250 e. The molecule has 1 aliphatic rings. The first-order valence-corrected chi connectivity index (χ1v) is 7.71. The third-order valence-electron chi connectivity index (χ3n) is 3.97. The van der Waals surface area contributed by atoms with Gasteiger partial charge in [0.25, 0.3) is 5.91 Å². The minimum atomic E-state index is -0.617. The number of hydrogen-bond donors (Lipinski definition) is 1. The van der Waals surface area contributed by atoms with Gasteiger partial charge in [-0.25, -0.2) is 0 Å². The fourth-order valence-electron chi connectivity index (χ4n) is 2.42. The van der Waals surface area contributed by atoms with Gasteiger partial charge in [0.05, 0.1) is 15.7 Å². The molecule has 0 spiro atoms. The van der Waals surface area contributed by atoms with Crippen molar-refractivity contribution in [3.63, 3.8) is 0 Å².